The number of aromatic nitrogens is 2. The van der Waals surface area contributed by atoms with Gasteiger partial charge >= 0.3 is 0 Å². The smallest absolute Gasteiger partial charge is 0.269 e. The molecule has 8 nitrogen and oxygen atoms in total. The van der Waals surface area contributed by atoms with Crippen LogP contribution in [-0.4, -0.2) is 35.8 Å². The van der Waals surface area contributed by atoms with E-state index in [9.17, 15) is 9.59 Å². The highest BCUT2D eigenvalue weighted by Crippen LogP contribution is 2.25. The first-order chi connectivity index (χ1) is 10.5. The molecule has 2 amide bonds. The summed E-state index contributed by atoms with van der Waals surface area (Å²) in [6.45, 7) is 0. The van der Waals surface area contributed by atoms with E-state index in [2.05, 4.69) is 10.4 Å². The molecule has 2 rings (SSSR count). The van der Waals surface area contributed by atoms with Crippen molar-refractivity contribution in [1.82, 2.24) is 9.78 Å². The first-order valence-corrected chi connectivity index (χ1v) is 6.33. The summed E-state index contributed by atoms with van der Waals surface area (Å²) >= 11 is 0. The molecule has 1 heterocycles. The lowest BCUT2D eigenvalue weighted by molar-refractivity contribution is 0.0992. The summed E-state index contributed by atoms with van der Waals surface area (Å²) in [5.74, 6) is -0.221. The minimum absolute atomic E-state index is 0.112. The van der Waals surface area contributed by atoms with Gasteiger partial charge in [0.05, 0.1) is 31.7 Å². The molecule has 0 bridgehead atoms. The van der Waals surface area contributed by atoms with Crippen molar-refractivity contribution in [1.29, 1.82) is 0 Å². The van der Waals surface area contributed by atoms with Crippen molar-refractivity contribution in [2.24, 2.45) is 12.8 Å². The second kappa shape index (κ2) is 6.17. The molecule has 116 valence electrons. The summed E-state index contributed by atoms with van der Waals surface area (Å²) in [5, 5.41) is 6.50. The molecule has 0 saturated heterocycles. The van der Waals surface area contributed by atoms with E-state index in [0.29, 0.717) is 17.1 Å². The molecule has 0 aliphatic heterocycles. The number of carbonyl (C=O) groups excluding carboxylic acids is 2. The highest BCUT2D eigenvalue weighted by Gasteiger charge is 2.19. The van der Waals surface area contributed by atoms with Crippen LogP contribution in [0.2, 0.25) is 0 Å². The molecule has 0 fully saturated rings. The van der Waals surface area contributed by atoms with Crippen molar-refractivity contribution in [2.75, 3.05) is 19.5 Å². The van der Waals surface area contributed by atoms with Crippen LogP contribution in [0, 0.1) is 0 Å². The SMILES string of the molecule is COc1ccc(C(=O)Nc2cnn(C)c2C(N)=O)c(OC)c1. The van der Waals surface area contributed by atoms with Gasteiger partial charge in [0.2, 0.25) is 0 Å². The number of nitrogens with two attached hydrogens (primary N) is 1. The molecule has 8 heteroatoms. The first-order valence-electron chi connectivity index (χ1n) is 6.33. The van der Waals surface area contributed by atoms with E-state index in [1.807, 2.05) is 0 Å². The molecule has 2 aromatic rings. The third-order valence-corrected chi connectivity index (χ3v) is 3.07. The number of hydrogen-bond acceptors (Lipinski definition) is 5. The third kappa shape index (κ3) is 2.85. The monoisotopic (exact) mass is 304 g/mol. The van der Waals surface area contributed by atoms with Crippen LogP contribution in [0.3, 0.4) is 0 Å². The molecular formula is C14H16N4O4. The van der Waals surface area contributed by atoms with Crippen LogP contribution in [0.25, 0.3) is 0 Å². The summed E-state index contributed by atoms with van der Waals surface area (Å²) in [7, 11) is 4.53. The topological polar surface area (TPSA) is 108 Å². The van der Waals surface area contributed by atoms with E-state index in [1.54, 1.807) is 25.2 Å². The van der Waals surface area contributed by atoms with E-state index in [1.165, 1.54) is 25.1 Å². The number of methoxy groups -OCH3 is 2. The van der Waals surface area contributed by atoms with Gasteiger partial charge in [-0.3, -0.25) is 14.3 Å². The van der Waals surface area contributed by atoms with Crippen molar-refractivity contribution in [3.63, 3.8) is 0 Å². The van der Waals surface area contributed by atoms with Crippen molar-refractivity contribution in [2.45, 2.75) is 0 Å². The van der Waals surface area contributed by atoms with E-state index < -0.39 is 11.8 Å². The van der Waals surface area contributed by atoms with E-state index in [-0.39, 0.29) is 11.4 Å². The Morgan fingerprint density at radius 3 is 2.59 bits per heavy atom. The lowest BCUT2D eigenvalue weighted by Gasteiger charge is -2.10. The van der Waals surface area contributed by atoms with E-state index >= 15 is 0 Å². The zero-order valence-corrected chi connectivity index (χ0v) is 12.4. The average Bonchev–Trinajstić information content (AvgIpc) is 2.87. The number of carbonyl (C=O) groups is 2. The zero-order valence-electron chi connectivity index (χ0n) is 12.4. The predicted molar refractivity (Wildman–Crippen MR) is 79.2 cm³/mol. The Labute approximate surface area is 126 Å². The Kier molecular flexibility index (Phi) is 4.31. The van der Waals surface area contributed by atoms with Crippen molar-refractivity contribution < 1.29 is 19.1 Å². The first kappa shape index (κ1) is 15.4. The standard InChI is InChI=1S/C14H16N4O4/c1-18-12(13(15)19)10(7-16-18)17-14(20)9-5-4-8(21-2)6-11(9)22-3/h4-7H,1-3H3,(H2,15,19)(H,17,20). The second-order valence-corrected chi connectivity index (χ2v) is 4.42. The van der Waals surface area contributed by atoms with Crippen LogP contribution >= 0.6 is 0 Å². The van der Waals surface area contributed by atoms with Gasteiger partial charge in [-0.15, -0.1) is 0 Å². The van der Waals surface area contributed by atoms with Gasteiger partial charge in [0.25, 0.3) is 11.8 Å². The van der Waals surface area contributed by atoms with E-state index in [0.717, 1.165) is 0 Å². The van der Waals surface area contributed by atoms with Crippen molar-refractivity contribution >= 4 is 17.5 Å². The average molecular weight is 304 g/mol. The van der Waals surface area contributed by atoms with Gasteiger partial charge in [-0.2, -0.15) is 5.10 Å². The van der Waals surface area contributed by atoms with Gasteiger partial charge in [-0.05, 0) is 12.1 Å². The fourth-order valence-electron chi connectivity index (χ4n) is 2.00. The molecule has 3 N–H and O–H groups in total. The minimum atomic E-state index is -0.683. The number of aryl methyl sites for hydroxylation is 1. The van der Waals surface area contributed by atoms with Gasteiger partial charge in [0, 0.05) is 13.1 Å². The molecule has 1 aromatic carbocycles. The predicted octanol–water partition coefficient (Wildman–Crippen LogP) is 0.788. The van der Waals surface area contributed by atoms with Crippen LogP contribution in [0.5, 0.6) is 11.5 Å². The van der Waals surface area contributed by atoms with Crippen molar-refractivity contribution in [3.05, 3.63) is 35.7 Å². The minimum Gasteiger partial charge on any atom is -0.497 e. The zero-order chi connectivity index (χ0) is 16.3. The number of nitrogens with one attached hydrogen (secondary N) is 1. The highest BCUT2D eigenvalue weighted by molar-refractivity contribution is 6.09. The highest BCUT2D eigenvalue weighted by atomic mass is 16.5. The maximum atomic E-state index is 12.4. The number of benzene rings is 1. The lowest BCUT2D eigenvalue weighted by atomic mass is 10.1. The molecule has 0 spiro atoms. The molecule has 0 atom stereocenters. The lowest BCUT2D eigenvalue weighted by Crippen LogP contribution is -2.20. The number of hydrogen-bond donors (Lipinski definition) is 2. The van der Waals surface area contributed by atoms with E-state index in [4.69, 9.17) is 15.2 Å². The van der Waals surface area contributed by atoms with Gasteiger partial charge in [0.15, 0.2) is 0 Å². The Bertz CT molecular complexity index is 724. The summed E-state index contributed by atoms with van der Waals surface area (Å²) in [6.07, 6.45) is 1.36. The molecule has 0 aliphatic rings. The summed E-state index contributed by atoms with van der Waals surface area (Å²) in [6, 6.07) is 4.79. The van der Waals surface area contributed by atoms with Crippen LogP contribution in [0.4, 0.5) is 5.69 Å². The number of rotatable bonds is 5. The second-order valence-electron chi connectivity index (χ2n) is 4.42. The van der Waals surface area contributed by atoms with Gasteiger partial charge in [0.1, 0.15) is 17.2 Å². The van der Waals surface area contributed by atoms with Crippen molar-refractivity contribution in [3.8, 4) is 11.5 Å². The molecule has 22 heavy (non-hydrogen) atoms. The van der Waals surface area contributed by atoms with Crippen LogP contribution in [0.15, 0.2) is 24.4 Å². The number of ether oxygens (including phenoxy) is 2. The van der Waals surface area contributed by atoms with Gasteiger partial charge in [-0.1, -0.05) is 0 Å². The van der Waals surface area contributed by atoms with Gasteiger partial charge in [-0.25, -0.2) is 0 Å². The third-order valence-electron chi connectivity index (χ3n) is 3.07. The summed E-state index contributed by atoms with van der Waals surface area (Å²) < 4.78 is 11.5. The van der Waals surface area contributed by atoms with Crippen LogP contribution < -0.4 is 20.5 Å². The molecular weight excluding hydrogens is 288 g/mol. The maximum absolute atomic E-state index is 12.4. The maximum Gasteiger partial charge on any atom is 0.269 e. The molecule has 1 aromatic heterocycles. The Morgan fingerprint density at radius 1 is 1.27 bits per heavy atom. The molecule has 0 radical (unpaired) electrons. The van der Waals surface area contributed by atoms with Crippen LogP contribution in [0.1, 0.15) is 20.8 Å². The fraction of sp³-hybridized carbons (Fsp3) is 0.214. The number of primary amides is 1. The van der Waals surface area contributed by atoms with Gasteiger partial charge < -0.3 is 20.5 Å². The fourth-order valence-corrected chi connectivity index (χ4v) is 2.00. The Morgan fingerprint density at radius 2 is 2.00 bits per heavy atom. The Balaban J connectivity index is 2.32. The van der Waals surface area contributed by atoms with Crippen LogP contribution in [-0.2, 0) is 7.05 Å². The summed E-state index contributed by atoms with van der Waals surface area (Å²) in [4.78, 5) is 23.8. The quantitative estimate of drug-likeness (QED) is 0.849. The molecule has 0 saturated carbocycles. The number of anilines is 1. The summed E-state index contributed by atoms with van der Waals surface area (Å²) in [5.41, 5.74) is 5.92. The number of amides is 2. The Hall–Kier alpha value is -3.03. The molecule has 0 aliphatic carbocycles. The number of nitrogens with zero attached hydrogens (tertiary/aromatic N) is 2. The normalized spacial score (nSPS) is 10.1. The largest absolute Gasteiger partial charge is 0.497 e. The molecule has 0 unspecified atom stereocenters.